The fourth-order valence-electron chi connectivity index (χ4n) is 1.34. The van der Waals surface area contributed by atoms with Crippen molar-refractivity contribution in [1.29, 1.82) is 5.26 Å². The summed E-state index contributed by atoms with van der Waals surface area (Å²) in [5, 5.41) is 8.80. The van der Waals surface area contributed by atoms with Crippen LogP contribution in [0.3, 0.4) is 0 Å². The Bertz CT molecular complexity index is 409. The first-order chi connectivity index (χ1) is 6.72. The SMILES string of the molecule is CC(F)c1cc(C#N)c2c(c1)OCO2. The first-order valence-corrected chi connectivity index (χ1v) is 4.20. The maximum atomic E-state index is 13.0. The number of rotatable bonds is 1. The van der Waals surface area contributed by atoms with Crippen molar-refractivity contribution >= 4 is 0 Å². The van der Waals surface area contributed by atoms with E-state index in [0.717, 1.165) is 0 Å². The van der Waals surface area contributed by atoms with E-state index in [1.54, 1.807) is 6.07 Å². The van der Waals surface area contributed by atoms with Crippen LogP contribution in [0.15, 0.2) is 12.1 Å². The predicted octanol–water partition coefficient (Wildman–Crippen LogP) is 2.32. The molecule has 72 valence electrons. The Morgan fingerprint density at radius 2 is 2.29 bits per heavy atom. The van der Waals surface area contributed by atoms with E-state index in [4.69, 9.17) is 14.7 Å². The largest absolute Gasteiger partial charge is 0.454 e. The van der Waals surface area contributed by atoms with Crippen molar-refractivity contribution in [2.24, 2.45) is 0 Å². The Labute approximate surface area is 80.7 Å². The smallest absolute Gasteiger partial charge is 0.231 e. The van der Waals surface area contributed by atoms with Crippen molar-refractivity contribution in [2.45, 2.75) is 13.1 Å². The number of benzene rings is 1. The van der Waals surface area contributed by atoms with Gasteiger partial charge in [0, 0.05) is 0 Å². The molecule has 0 N–H and O–H groups in total. The van der Waals surface area contributed by atoms with Crippen LogP contribution in [0.25, 0.3) is 0 Å². The van der Waals surface area contributed by atoms with Gasteiger partial charge in [0.1, 0.15) is 12.2 Å². The number of fused-ring (bicyclic) bond motifs is 1. The molecule has 1 heterocycles. The van der Waals surface area contributed by atoms with Gasteiger partial charge in [-0.15, -0.1) is 0 Å². The lowest BCUT2D eigenvalue weighted by molar-refractivity contribution is 0.173. The summed E-state index contributed by atoms with van der Waals surface area (Å²) in [7, 11) is 0. The molecule has 3 nitrogen and oxygen atoms in total. The van der Waals surface area contributed by atoms with Crippen LogP contribution < -0.4 is 9.47 Å². The summed E-state index contributed by atoms with van der Waals surface area (Å²) >= 11 is 0. The summed E-state index contributed by atoms with van der Waals surface area (Å²) in [5.41, 5.74) is 0.755. The Kier molecular flexibility index (Phi) is 2.01. The lowest BCUT2D eigenvalue weighted by Crippen LogP contribution is -1.93. The highest BCUT2D eigenvalue weighted by atomic mass is 19.1. The molecule has 2 rings (SSSR count). The van der Waals surface area contributed by atoms with Gasteiger partial charge < -0.3 is 9.47 Å². The van der Waals surface area contributed by atoms with Crippen LogP contribution in [0.5, 0.6) is 11.5 Å². The second kappa shape index (κ2) is 3.18. The second-order valence-electron chi connectivity index (χ2n) is 3.03. The number of hydrogen-bond acceptors (Lipinski definition) is 3. The zero-order valence-electron chi connectivity index (χ0n) is 7.58. The third-order valence-electron chi connectivity index (χ3n) is 2.07. The topological polar surface area (TPSA) is 42.2 Å². The molecule has 4 heteroatoms. The minimum Gasteiger partial charge on any atom is -0.454 e. The summed E-state index contributed by atoms with van der Waals surface area (Å²) < 4.78 is 23.2. The number of hydrogen-bond donors (Lipinski definition) is 0. The van der Waals surface area contributed by atoms with Gasteiger partial charge in [-0.3, -0.25) is 0 Å². The maximum Gasteiger partial charge on any atom is 0.231 e. The molecule has 1 unspecified atom stereocenters. The fraction of sp³-hybridized carbons (Fsp3) is 0.300. The molecule has 1 aliphatic heterocycles. The Hall–Kier alpha value is -1.76. The van der Waals surface area contributed by atoms with Crippen LogP contribution in [0.2, 0.25) is 0 Å². The molecular formula is C10H8FNO2. The van der Waals surface area contributed by atoms with Crippen molar-refractivity contribution in [3.05, 3.63) is 23.3 Å². The van der Waals surface area contributed by atoms with Gasteiger partial charge in [-0.1, -0.05) is 0 Å². The van der Waals surface area contributed by atoms with Crippen LogP contribution >= 0.6 is 0 Å². The van der Waals surface area contributed by atoms with Gasteiger partial charge in [-0.05, 0) is 24.6 Å². The number of alkyl halides is 1. The van der Waals surface area contributed by atoms with Gasteiger partial charge in [0.2, 0.25) is 6.79 Å². The van der Waals surface area contributed by atoms with E-state index in [2.05, 4.69) is 0 Å². The van der Waals surface area contributed by atoms with Crippen molar-refractivity contribution in [1.82, 2.24) is 0 Å². The average molecular weight is 193 g/mol. The van der Waals surface area contributed by atoms with E-state index in [1.165, 1.54) is 13.0 Å². The van der Waals surface area contributed by atoms with Crippen LogP contribution in [-0.4, -0.2) is 6.79 Å². The maximum absolute atomic E-state index is 13.0. The fourth-order valence-corrected chi connectivity index (χ4v) is 1.34. The van der Waals surface area contributed by atoms with E-state index >= 15 is 0 Å². The molecule has 0 bridgehead atoms. The molecule has 0 spiro atoms. The Balaban J connectivity index is 2.56. The third-order valence-corrected chi connectivity index (χ3v) is 2.07. The molecule has 0 aromatic heterocycles. The summed E-state index contributed by atoms with van der Waals surface area (Å²) in [6.45, 7) is 1.51. The van der Waals surface area contributed by atoms with E-state index in [9.17, 15) is 4.39 Å². The highest BCUT2D eigenvalue weighted by Crippen LogP contribution is 2.38. The highest BCUT2D eigenvalue weighted by Gasteiger charge is 2.20. The minimum atomic E-state index is -1.11. The highest BCUT2D eigenvalue weighted by molar-refractivity contribution is 5.56. The van der Waals surface area contributed by atoms with Crippen LogP contribution in [-0.2, 0) is 0 Å². The quantitative estimate of drug-likeness (QED) is 0.687. The lowest BCUT2D eigenvalue weighted by Gasteiger charge is -2.04. The standard InChI is InChI=1S/C10H8FNO2/c1-6(11)7-2-8(4-12)10-9(3-7)13-5-14-10/h2-3,6H,5H2,1H3. The summed E-state index contributed by atoms with van der Waals surface area (Å²) in [4.78, 5) is 0. The molecule has 1 aromatic carbocycles. The van der Waals surface area contributed by atoms with Crippen molar-refractivity contribution < 1.29 is 13.9 Å². The monoisotopic (exact) mass is 193 g/mol. The van der Waals surface area contributed by atoms with Gasteiger partial charge in [-0.2, -0.15) is 5.26 Å². The molecule has 0 fully saturated rings. The number of nitriles is 1. The van der Waals surface area contributed by atoms with Crippen LogP contribution in [0, 0.1) is 11.3 Å². The van der Waals surface area contributed by atoms with E-state index < -0.39 is 6.17 Å². The number of halogens is 1. The van der Waals surface area contributed by atoms with Crippen molar-refractivity contribution in [3.63, 3.8) is 0 Å². The van der Waals surface area contributed by atoms with E-state index in [1.807, 2.05) is 6.07 Å². The van der Waals surface area contributed by atoms with Crippen LogP contribution in [0.4, 0.5) is 4.39 Å². The second-order valence-corrected chi connectivity index (χ2v) is 3.03. The normalized spacial score (nSPS) is 14.9. The summed E-state index contributed by atoms with van der Waals surface area (Å²) in [6, 6.07) is 5.00. The predicted molar refractivity (Wildman–Crippen MR) is 46.8 cm³/mol. The van der Waals surface area contributed by atoms with Gasteiger partial charge in [0.05, 0.1) is 5.56 Å². The van der Waals surface area contributed by atoms with Gasteiger partial charge >= 0.3 is 0 Å². The first-order valence-electron chi connectivity index (χ1n) is 4.20. The van der Waals surface area contributed by atoms with Gasteiger partial charge in [0.25, 0.3) is 0 Å². The molecule has 0 saturated carbocycles. The van der Waals surface area contributed by atoms with Gasteiger partial charge in [-0.25, -0.2) is 4.39 Å². The number of ether oxygens (including phenoxy) is 2. The van der Waals surface area contributed by atoms with E-state index in [0.29, 0.717) is 22.6 Å². The first kappa shape index (κ1) is 8.82. The zero-order chi connectivity index (χ0) is 10.1. The molecule has 0 amide bonds. The van der Waals surface area contributed by atoms with Crippen LogP contribution in [0.1, 0.15) is 24.2 Å². The number of nitrogens with zero attached hydrogens (tertiary/aromatic N) is 1. The lowest BCUT2D eigenvalue weighted by atomic mass is 10.1. The molecule has 0 radical (unpaired) electrons. The molecule has 0 aliphatic carbocycles. The van der Waals surface area contributed by atoms with E-state index in [-0.39, 0.29) is 6.79 Å². The molecule has 1 atom stereocenters. The molecule has 14 heavy (non-hydrogen) atoms. The van der Waals surface area contributed by atoms with Crippen molar-refractivity contribution in [2.75, 3.05) is 6.79 Å². The third kappa shape index (κ3) is 1.27. The van der Waals surface area contributed by atoms with Crippen molar-refractivity contribution in [3.8, 4) is 17.6 Å². The molecule has 1 aliphatic rings. The minimum absolute atomic E-state index is 0.0914. The summed E-state index contributed by atoms with van der Waals surface area (Å²) in [6.07, 6.45) is -1.11. The Morgan fingerprint density at radius 3 is 2.93 bits per heavy atom. The zero-order valence-corrected chi connectivity index (χ0v) is 7.58. The molecule has 0 saturated heterocycles. The Morgan fingerprint density at radius 1 is 1.50 bits per heavy atom. The molecule has 1 aromatic rings. The summed E-state index contributed by atoms with van der Waals surface area (Å²) in [5.74, 6) is 0.862. The van der Waals surface area contributed by atoms with Gasteiger partial charge in [0.15, 0.2) is 11.5 Å². The molecular weight excluding hydrogens is 185 g/mol. The average Bonchev–Trinajstić information content (AvgIpc) is 2.63.